The molecule has 0 unspecified atom stereocenters. The Morgan fingerprint density at radius 1 is 1.19 bits per heavy atom. The van der Waals surface area contributed by atoms with Gasteiger partial charge in [-0.2, -0.15) is 0 Å². The highest BCUT2D eigenvalue weighted by atomic mass is 16.5. The fourth-order valence-electron chi connectivity index (χ4n) is 3.13. The van der Waals surface area contributed by atoms with Crippen LogP contribution in [0.15, 0.2) is 46.8 Å². The average Bonchev–Trinajstić information content (AvgIpc) is 2.66. The number of aromatic amines is 1. The number of ether oxygens (including phenoxy) is 1. The van der Waals surface area contributed by atoms with Crippen molar-refractivity contribution in [3.63, 3.8) is 0 Å². The van der Waals surface area contributed by atoms with Crippen molar-refractivity contribution in [2.24, 2.45) is 0 Å². The third kappa shape index (κ3) is 4.59. The number of benzene rings is 1. The van der Waals surface area contributed by atoms with E-state index in [4.69, 9.17) is 4.74 Å². The van der Waals surface area contributed by atoms with E-state index >= 15 is 0 Å². The van der Waals surface area contributed by atoms with Gasteiger partial charge in [0.1, 0.15) is 0 Å². The largest absolute Gasteiger partial charge is 0.452 e. The lowest BCUT2D eigenvalue weighted by molar-refractivity contribution is -0.124. The monoisotopic (exact) mass is 354 g/mol. The van der Waals surface area contributed by atoms with Crippen LogP contribution >= 0.6 is 0 Å². The number of para-hydroxylation sites is 1. The van der Waals surface area contributed by atoms with Crippen LogP contribution in [0.5, 0.6) is 0 Å². The highest BCUT2D eigenvalue weighted by molar-refractivity contribution is 6.03. The number of esters is 1. The number of rotatable bonds is 6. The van der Waals surface area contributed by atoms with Gasteiger partial charge in [-0.3, -0.25) is 9.59 Å². The molecule has 1 heterocycles. The second-order valence-corrected chi connectivity index (χ2v) is 6.38. The maximum absolute atomic E-state index is 12.3. The topological polar surface area (TPSA) is 88.3 Å². The molecule has 1 aromatic carbocycles. The first kappa shape index (κ1) is 17.9. The summed E-state index contributed by atoms with van der Waals surface area (Å²) in [5.41, 5.74) is 1.70. The average molecular weight is 354 g/mol. The molecule has 0 fully saturated rings. The molecule has 6 heteroatoms. The van der Waals surface area contributed by atoms with Gasteiger partial charge in [0.15, 0.2) is 6.61 Å². The van der Waals surface area contributed by atoms with Crippen LogP contribution < -0.4 is 10.9 Å². The van der Waals surface area contributed by atoms with E-state index < -0.39 is 5.97 Å². The van der Waals surface area contributed by atoms with Gasteiger partial charge >= 0.3 is 5.97 Å². The maximum Gasteiger partial charge on any atom is 0.339 e. The van der Waals surface area contributed by atoms with Crippen LogP contribution in [0.1, 0.15) is 42.5 Å². The van der Waals surface area contributed by atoms with Gasteiger partial charge in [-0.25, -0.2) is 4.79 Å². The molecule has 0 radical (unpaired) electrons. The number of fused-ring (bicyclic) bond motifs is 1. The summed E-state index contributed by atoms with van der Waals surface area (Å²) in [5, 5.41) is 3.35. The van der Waals surface area contributed by atoms with Gasteiger partial charge in [0.05, 0.1) is 5.56 Å². The molecule has 1 aliphatic rings. The van der Waals surface area contributed by atoms with E-state index in [-0.39, 0.29) is 23.6 Å². The fourth-order valence-corrected chi connectivity index (χ4v) is 3.13. The van der Waals surface area contributed by atoms with Crippen molar-refractivity contribution in [2.45, 2.75) is 32.1 Å². The zero-order chi connectivity index (χ0) is 18.4. The highest BCUT2D eigenvalue weighted by Crippen LogP contribution is 2.19. The first-order chi connectivity index (χ1) is 12.6. The van der Waals surface area contributed by atoms with Crippen molar-refractivity contribution in [3.05, 3.63) is 57.9 Å². The molecule has 0 atom stereocenters. The number of H-pyrrole nitrogens is 1. The molecule has 1 amide bonds. The van der Waals surface area contributed by atoms with Crippen LogP contribution in [0.25, 0.3) is 10.9 Å². The summed E-state index contributed by atoms with van der Waals surface area (Å²) in [7, 11) is 0. The summed E-state index contributed by atoms with van der Waals surface area (Å²) >= 11 is 0. The van der Waals surface area contributed by atoms with Crippen LogP contribution in [-0.2, 0) is 9.53 Å². The Morgan fingerprint density at radius 2 is 2.04 bits per heavy atom. The molecule has 2 N–H and O–H groups in total. The van der Waals surface area contributed by atoms with Gasteiger partial charge in [-0.1, -0.05) is 29.8 Å². The molecule has 136 valence electrons. The summed E-state index contributed by atoms with van der Waals surface area (Å²) in [6, 6.07) is 8.16. The zero-order valence-electron chi connectivity index (χ0n) is 14.5. The number of hydrogen-bond donors (Lipinski definition) is 2. The highest BCUT2D eigenvalue weighted by Gasteiger charge is 2.14. The van der Waals surface area contributed by atoms with E-state index in [2.05, 4.69) is 16.4 Å². The number of allylic oxidation sites excluding steroid dienone is 1. The summed E-state index contributed by atoms with van der Waals surface area (Å²) in [6.07, 6.45) is 7.74. The first-order valence-corrected chi connectivity index (χ1v) is 8.87. The van der Waals surface area contributed by atoms with Crippen molar-refractivity contribution >= 4 is 22.8 Å². The third-order valence-corrected chi connectivity index (χ3v) is 4.46. The van der Waals surface area contributed by atoms with Crippen LogP contribution in [0, 0.1) is 0 Å². The molecule has 26 heavy (non-hydrogen) atoms. The Balaban J connectivity index is 1.53. The lowest BCUT2D eigenvalue weighted by atomic mass is 9.97. The fraction of sp³-hybridized carbons (Fsp3) is 0.350. The number of carbonyl (C=O) groups is 2. The van der Waals surface area contributed by atoms with Crippen LogP contribution in [0.4, 0.5) is 0 Å². The molecule has 1 aliphatic carbocycles. The number of nitrogens with one attached hydrogen (secondary N) is 2. The zero-order valence-corrected chi connectivity index (χ0v) is 14.5. The summed E-state index contributed by atoms with van der Waals surface area (Å²) in [4.78, 5) is 38.5. The van der Waals surface area contributed by atoms with Crippen molar-refractivity contribution in [2.75, 3.05) is 13.2 Å². The molecule has 2 aromatic rings. The summed E-state index contributed by atoms with van der Waals surface area (Å²) in [5.74, 6) is -1.03. The third-order valence-electron chi connectivity index (χ3n) is 4.46. The van der Waals surface area contributed by atoms with Gasteiger partial charge < -0.3 is 15.0 Å². The molecular formula is C20H22N2O4. The predicted octanol–water partition coefficient (Wildman–Crippen LogP) is 2.69. The number of hydrogen-bond acceptors (Lipinski definition) is 4. The number of aromatic nitrogens is 1. The van der Waals surface area contributed by atoms with Gasteiger partial charge in [-0.15, -0.1) is 0 Å². The smallest absolute Gasteiger partial charge is 0.339 e. The molecule has 0 spiro atoms. The van der Waals surface area contributed by atoms with E-state index in [1.54, 1.807) is 24.3 Å². The van der Waals surface area contributed by atoms with Crippen molar-refractivity contribution < 1.29 is 14.3 Å². The van der Waals surface area contributed by atoms with Gasteiger partial charge in [0, 0.05) is 23.5 Å². The van der Waals surface area contributed by atoms with Crippen molar-refractivity contribution in [3.8, 4) is 0 Å². The molecule has 0 saturated carbocycles. The molecule has 0 aliphatic heterocycles. The minimum absolute atomic E-state index is 0.157. The second kappa shape index (κ2) is 8.47. The molecule has 3 rings (SSSR count). The predicted molar refractivity (Wildman–Crippen MR) is 99.0 cm³/mol. The van der Waals surface area contributed by atoms with E-state index in [0.29, 0.717) is 17.4 Å². The van der Waals surface area contributed by atoms with Crippen molar-refractivity contribution in [1.82, 2.24) is 10.3 Å². The van der Waals surface area contributed by atoms with E-state index in [1.807, 2.05) is 0 Å². The van der Waals surface area contributed by atoms with E-state index in [0.717, 1.165) is 19.3 Å². The summed E-state index contributed by atoms with van der Waals surface area (Å²) in [6.45, 7) is 0.176. The van der Waals surface area contributed by atoms with Gasteiger partial charge in [-0.05, 0) is 38.2 Å². The van der Waals surface area contributed by atoms with Gasteiger partial charge in [0.25, 0.3) is 5.91 Å². The molecule has 0 bridgehead atoms. The Bertz CT molecular complexity index is 898. The minimum Gasteiger partial charge on any atom is -0.452 e. The van der Waals surface area contributed by atoms with Crippen LogP contribution in [0.2, 0.25) is 0 Å². The van der Waals surface area contributed by atoms with E-state index in [1.165, 1.54) is 24.5 Å². The van der Waals surface area contributed by atoms with Gasteiger partial charge in [0.2, 0.25) is 5.56 Å². The molecule has 1 aromatic heterocycles. The standard InChI is InChI=1S/C20H22N2O4/c23-18-12-16(15-8-4-5-9-17(15)22-18)20(25)26-13-19(24)21-11-10-14-6-2-1-3-7-14/h4-6,8-9,12H,1-3,7,10-11,13H2,(H,21,24)(H,22,23). The molecule has 0 saturated heterocycles. The van der Waals surface area contributed by atoms with Crippen LogP contribution in [-0.4, -0.2) is 30.0 Å². The second-order valence-electron chi connectivity index (χ2n) is 6.38. The minimum atomic E-state index is -0.683. The van der Waals surface area contributed by atoms with Crippen molar-refractivity contribution in [1.29, 1.82) is 0 Å². The Labute approximate surface area is 151 Å². The maximum atomic E-state index is 12.3. The normalized spacial score (nSPS) is 13.9. The summed E-state index contributed by atoms with van der Waals surface area (Å²) < 4.78 is 5.08. The number of carbonyl (C=O) groups excluding carboxylic acids is 2. The molecule has 6 nitrogen and oxygen atoms in total. The lowest BCUT2D eigenvalue weighted by Crippen LogP contribution is -2.30. The number of amides is 1. The Morgan fingerprint density at radius 3 is 2.85 bits per heavy atom. The first-order valence-electron chi connectivity index (χ1n) is 8.87. The SMILES string of the molecule is O=C(COC(=O)c1cc(=O)[nH]c2ccccc12)NCCC1=CCCCC1. The van der Waals surface area contributed by atoms with E-state index in [9.17, 15) is 14.4 Å². The molecular weight excluding hydrogens is 332 g/mol. The van der Waals surface area contributed by atoms with Crippen LogP contribution in [0.3, 0.4) is 0 Å². The lowest BCUT2D eigenvalue weighted by Gasteiger charge is -2.13. The number of pyridine rings is 1. The quantitative estimate of drug-likeness (QED) is 0.617. The Hall–Kier alpha value is -2.89. The Kier molecular flexibility index (Phi) is 5.84.